The summed E-state index contributed by atoms with van der Waals surface area (Å²) in [5, 5.41) is 9.57. The first-order chi connectivity index (χ1) is 24.4. The summed E-state index contributed by atoms with van der Waals surface area (Å²) in [5.74, 6) is 0.638. The lowest BCUT2D eigenvalue weighted by Gasteiger charge is -2.36. The summed E-state index contributed by atoms with van der Waals surface area (Å²) in [6.45, 7) is 32.8. The quantitative estimate of drug-likeness (QED) is 0.164. The summed E-state index contributed by atoms with van der Waals surface area (Å²) in [5.41, 5.74) is 7.74. The SMILES string of the molecule is C=C(c1cc(CO)ccc1-c1cc(OC)ccc1F)C(C)(C)C.C=C(c1cc(CO[Si](C)(C)C(C)(C)C)ccc1-c1cc(OC)ccc1F)C(C)(C)C. The van der Waals surface area contributed by atoms with Crippen molar-refractivity contribution in [3.8, 4) is 33.8 Å². The Labute approximate surface area is 318 Å². The third kappa shape index (κ3) is 10.8. The average Bonchev–Trinajstić information content (AvgIpc) is 3.09. The van der Waals surface area contributed by atoms with Gasteiger partial charge >= 0.3 is 0 Å². The maximum Gasteiger partial charge on any atom is 0.192 e. The van der Waals surface area contributed by atoms with Gasteiger partial charge in [-0.15, -0.1) is 0 Å². The molecule has 4 nitrogen and oxygen atoms in total. The number of benzene rings is 4. The molecule has 0 amide bonds. The monoisotopic (exact) mass is 742 g/mol. The van der Waals surface area contributed by atoms with Gasteiger partial charge in [0.15, 0.2) is 8.32 Å². The van der Waals surface area contributed by atoms with Crippen molar-refractivity contribution < 1.29 is 27.8 Å². The molecule has 0 aliphatic carbocycles. The molecule has 53 heavy (non-hydrogen) atoms. The van der Waals surface area contributed by atoms with Gasteiger partial charge in [0.05, 0.1) is 27.4 Å². The van der Waals surface area contributed by atoms with E-state index in [1.165, 1.54) is 12.1 Å². The van der Waals surface area contributed by atoms with E-state index in [1.807, 2.05) is 24.3 Å². The van der Waals surface area contributed by atoms with Gasteiger partial charge in [-0.2, -0.15) is 0 Å². The Bertz CT molecular complexity index is 1920. The molecule has 0 aliphatic heterocycles. The second kappa shape index (κ2) is 17.0. The minimum absolute atomic E-state index is 0.0642. The number of aliphatic hydroxyl groups excluding tert-OH is 1. The van der Waals surface area contributed by atoms with E-state index in [4.69, 9.17) is 13.9 Å². The van der Waals surface area contributed by atoms with Gasteiger partial charge in [0.1, 0.15) is 23.1 Å². The van der Waals surface area contributed by atoms with Crippen LogP contribution < -0.4 is 9.47 Å². The van der Waals surface area contributed by atoms with E-state index in [-0.39, 0.29) is 34.1 Å². The number of hydrogen-bond acceptors (Lipinski definition) is 4. The maximum atomic E-state index is 14.8. The van der Waals surface area contributed by atoms with Crippen molar-refractivity contribution in [1.29, 1.82) is 0 Å². The van der Waals surface area contributed by atoms with Crippen LogP contribution in [0.3, 0.4) is 0 Å². The molecule has 1 N–H and O–H groups in total. The van der Waals surface area contributed by atoms with E-state index >= 15 is 0 Å². The Kier molecular flexibility index (Phi) is 13.9. The molecule has 4 aromatic carbocycles. The van der Waals surface area contributed by atoms with Gasteiger partial charge in [-0.1, -0.05) is 99.7 Å². The lowest BCUT2D eigenvalue weighted by atomic mass is 9.80. The largest absolute Gasteiger partial charge is 0.497 e. The molecule has 0 radical (unpaired) electrons. The van der Waals surface area contributed by atoms with Crippen LogP contribution in [-0.2, 0) is 17.6 Å². The van der Waals surface area contributed by atoms with Crippen LogP contribution in [-0.4, -0.2) is 27.6 Å². The normalized spacial score (nSPS) is 12.2. The minimum atomic E-state index is -1.87. The number of rotatable bonds is 10. The van der Waals surface area contributed by atoms with E-state index in [0.717, 1.165) is 44.5 Å². The first-order valence-corrected chi connectivity index (χ1v) is 20.9. The number of allylic oxidation sites excluding steroid dienone is 2. The summed E-state index contributed by atoms with van der Waals surface area (Å²) in [6.07, 6.45) is 0. The van der Waals surface area contributed by atoms with E-state index < -0.39 is 8.32 Å². The average molecular weight is 743 g/mol. The predicted octanol–water partition coefficient (Wildman–Crippen LogP) is 13.1. The van der Waals surface area contributed by atoms with Crippen molar-refractivity contribution in [1.82, 2.24) is 0 Å². The Morgan fingerprint density at radius 2 is 1.00 bits per heavy atom. The second-order valence-electron chi connectivity index (χ2n) is 17.1. The Balaban J connectivity index is 0.000000295. The first kappa shape index (κ1) is 43.4. The zero-order valence-electron chi connectivity index (χ0n) is 34.2. The van der Waals surface area contributed by atoms with Crippen molar-refractivity contribution >= 4 is 19.5 Å². The molecule has 0 aromatic heterocycles. The van der Waals surface area contributed by atoms with Crippen molar-refractivity contribution in [2.75, 3.05) is 14.2 Å². The second-order valence-corrected chi connectivity index (χ2v) is 21.9. The standard InChI is InChI=1S/C26H37FO2Si.C20H23FO2/c1-18(25(2,3)4)22-15-19(17-29-30(9,10)26(5,6)7)11-13-21(22)23-16-20(28-8)12-14-24(23)27;1-13(20(2,3)4)17-10-14(12-22)6-8-16(17)18-11-15(23-5)7-9-19(18)21/h11-16H,1,17H2,2-10H3;6-11,22H,1,12H2,2-5H3. The molecule has 7 heteroatoms. The van der Waals surface area contributed by atoms with Gasteiger partial charge in [0.2, 0.25) is 0 Å². The number of ether oxygens (including phenoxy) is 2. The highest BCUT2D eigenvalue weighted by molar-refractivity contribution is 6.74. The number of methoxy groups -OCH3 is 2. The molecular weight excluding hydrogens is 683 g/mol. The lowest BCUT2D eigenvalue weighted by molar-refractivity contribution is 0.276. The zero-order valence-corrected chi connectivity index (χ0v) is 35.2. The smallest absolute Gasteiger partial charge is 0.192 e. The first-order valence-electron chi connectivity index (χ1n) is 18.0. The molecule has 0 spiro atoms. The van der Waals surface area contributed by atoms with Crippen LogP contribution in [0.5, 0.6) is 11.5 Å². The van der Waals surface area contributed by atoms with Gasteiger partial charge in [-0.3, -0.25) is 0 Å². The van der Waals surface area contributed by atoms with Crippen LogP contribution in [0.4, 0.5) is 8.78 Å². The third-order valence-electron chi connectivity index (χ3n) is 10.1. The van der Waals surface area contributed by atoms with Gasteiger partial charge in [0.25, 0.3) is 0 Å². The number of halogens is 2. The summed E-state index contributed by atoms with van der Waals surface area (Å²) in [4.78, 5) is 0. The fraction of sp³-hybridized carbons (Fsp3) is 0.391. The third-order valence-corrected chi connectivity index (χ3v) is 14.6. The predicted molar refractivity (Wildman–Crippen MR) is 222 cm³/mol. The fourth-order valence-electron chi connectivity index (χ4n) is 5.30. The summed E-state index contributed by atoms with van der Waals surface area (Å²) < 4.78 is 46.1. The molecule has 0 aliphatic rings. The molecule has 0 bridgehead atoms. The van der Waals surface area contributed by atoms with Crippen molar-refractivity contribution in [2.45, 2.75) is 93.7 Å². The van der Waals surface area contributed by atoms with E-state index in [0.29, 0.717) is 29.2 Å². The minimum Gasteiger partial charge on any atom is -0.497 e. The highest BCUT2D eigenvalue weighted by atomic mass is 28.4. The number of aliphatic hydroxyl groups is 1. The lowest BCUT2D eigenvalue weighted by Crippen LogP contribution is -2.40. The van der Waals surface area contributed by atoms with E-state index in [1.54, 1.807) is 44.6 Å². The van der Waals surface area contributed by atoms with Crippen LogP contribution in [0.1, 0.15) is 84.6 Å². The Morgan fingerprint density at radius 1 is 0.604 bits per heavy atom. The molecule has 4 aromatic rings. The van der Waals surface area contributed by atoms with Gasteiger partial charge in [-0.05, 0) is 122 Å². The van der Waals surface area contributed by atoms with Gasteiger partial charge in [0, 0.05) is 11.1 Å². The van der Waals surface area contributed by atoms with Crippen molar-refractivity contribution in [3.63, 3.8) is 0 Å². The van der Waals surface area contributed by atoms with Crippen LogP contribution in [0.25, 0.3) is 33.4 Å². The summed E-state index contributed by atoms with van der Waals surface area (Å²) in [7, 11) is 1.28. The van der Waals surface area contributed by atoms with E-state index in [2.05, 4.69) is 94.6 Å². The fourth-order valence-corrected chi connectivity index (χ4v) is 6.26. The highest BCUT2D eigenvalue weighted by Crippen LogP contribution is 2.42. The van der Waals surface area contributed by atoms with Crippen LogP contribution in [0, 0.1) is 22.5 Å². The molecule has 0 heterocycles. The van der Waals surface area contributed by atoms with Crippen molar-refractivity contribution in [3.05, 3.63) is 120 Å². The maximum absolute atomic E-state index is 14.8. The Morgan fingerprint density at radius 3 is 1.36 bits per heavy atom. The molecule has 4 rings (SSSR count). The molecule has 0 unspecified atom stereocenters. The van der Waals surface area contributed by atoms with Gasteiger partial charge in [-0.25, -0.2) is 8.78 Å². The van der Waals surface area contributed by atoms with E-state index in [9.17, 15) is 13.9 Å². The molecule has 0 saturated heterocycles. The van der Waals surface area contributed by atoms with Gasteiger partial charge < -0.3 is 19.0 Å². The molecule has 286 valence electrons. The molecular formula is C46H60F2O4Si. The number of hydrogen-bond donors (Lipinski definition) is 1. The summed E-state index contributed by atoms with van der Waals surface area (Å²) in [6, 6.07) is 21.1. The molecule has 0 atom stereocenters. The topological polar surface area (TPSA) is 47.9 Å². The Hall–Kier alpha value is -4.04. The van der Waals surface area contributed by atoms with Crippen LogP contribution in [0.2, 0.25) is 18.1 Å². The highest BCUT2D eigenvalue weighted by Gasteiger charge is 2.37. The van der Waals surface area contributed by atoms with Crippen LogP contribution in [0.15, 0.2) is 86.0 Å². The van der Waals surface area contributed by atoms with Crippen LogP contribution >= 0.6 is 0 Å². The van der Waals surface area contributed by atoms with Crippen molar-refractivity contribution in [2.24, 2.45) is 10.8 Å². The summed E-state index contributed by atoms with van der Waals surface area (Å²) >= 11 is 0. The molecule has 0 saturated carbocycles. The zero-order chi connectivity index (χ0) is 40.1. The molecule has 0 fully saturated rings.